The van der Waals surface area contributed by atoms with E-state index in [1.54, 1.807) is 45.7 Å². The summed E-state index contributed by atoms with van der Waals surface area (Å²) in [4.78, 5) is 5.32. The normalized spacial score (nSPS) is 15.7. The average Bonchev–Trinajstić information content (AvgIpc) is 3.15. The van der Waals surface area contributed by atoms with Gasteiger partial charge in [-0.15, -0.1) is 0 Å². The predicted octanol–water partition coefficient (Wildman–Crippen LogP) is 6.43. The second kappa shape index (κ2) is 7.45. The van der Waals surface area contributed by atoms with Crippen LogP contribution in [0.4, 0.5) is 0 Å². The van der Waals surface area contributed by atoms with E-state index in [1.807, 2.05) is 0 Å². The van der Waals surface area contributed by atoms with E-state index in [0.29, 0.717) is 0 Å². The van der Waals surface area contributed by atoms with Gasteiger partial charge in [0.25, 0.3) is 0 Å². The Balaban J connectivity index is 1.79. The van der Waals surface area contributed by atoms with Gasteiger partial charge in [-0.2, -0.15) is 0 Å². The summed E-state index contributed by atoms with van der Waals surface area (Å²) in [6.45, 7) is 4.64. The Morgan fingerprint density at radius 2 is 1.31 bits per heavy atom. The first-order valence-corrected chi connectivity index (χ1v) is 20.4. The minimum atomic E-state index is -2.61. The summed E-state index contributed by atoms with van der Waals surface area (Å²) in [5.74, 6) is 0. The molecule has 0 amide bonds. The van der Waals surface area contributed by atoms with E-state index in [-0.39, 0.29) is 0 Å². The molecule has 0 unspecified atom stereocenters. The van der Waals surface area contributed by atoms with Crippen molar-refractivity contribution in [3.63, 3.8) is 0 Å². The summed E-state index contributed by atoms with van der Waals surface area (Å²) in [6.07, 6.45) is 10.1. The van der Waals surface area contributed by atoms with Crippen molar-refractivity contribution in [3.8, 4) is 11.1 Å². The van der Waals surface area contributed by atoms with E-state index in [9.17, 15) is 0 Å². The van der Waals surface area contributed by atoms with Gasteiger partial charge in [-0.1, -0.05) is 0 Å². The average molecular weight is 489 g/mol. The van der Waals surface area contributed by atoms with Gasteiger partial charge in [0.2, 0.25) is 0 Å². The van der Waals surface area contributed by atoms with E-state index in [2.05, 4.69) is 60.1 Å². The SMILES string of the molecule is CCCCc1cc2[c](cc1CCCC)[Sn]([CH3])([CH3])[c]1ccc3c4c(ccc-2c14)CC3. The fourth-order valence-electron chi connectivity index (χ4n) is 5.85. The van der Waals surface area contributed by atoms with Crippen molar-refractivity contribution >= 4 is 36.3 Å². The molecule has 1 aliphatic heterocycles. The molecule has 150 valence electrons. The van der Waals surface area contributed by atoms with Crippen LogP contribution in [0.1, 0.15) is 61.8 Å². The molecule has 1 heterocycles. The van der Waals surface area contributed by atoms with E-state index < -0.39 is 18.4 Å². The topological polar surface area (TPSA) is 0 Å². The van der Waals surface area contributed by atoms with Gasteiger partial charge in [0.15, 0.2) is 0 Å². The number of unbranched alkanes of at least 4 members (excludes halogenated alkanes) is 2. The maximum absolute atomic E-state index is 2.68. The molecule has 0 atom stereocenters. The molecule has 0 saturated heterocycles. The van der Waals surface area contributed by atoms with Crippen molar-refractivity contribution in [2.24, 2.45) is 0 Å². The first-order valence-electron chi connectivity index (χ1n) is 11.8. The first kappa shape index (κ1) is 19.7. The van der Waals surface area contributed by atoms with E-state index in [0.717, 1.165) is 0 Å². The number of rotatable bonds is 6. The summed E-state index contributed by atoms with van der Waals surface area (Å²) in [7, 11) is 0. The van der Waals surface area contributed by atoms with Gasteiger partial charge in [-0.05, 0) is 0 Å². The van der Waals surface area contributed by atoms with Crippen molar-refractivity contribution in [1.82, 2.24) is 0 Å². The van der Waals surface area contributed by atoms with Crippen LogP contribution in [0.3, 0.4) is 0 Å². The molecule has 0 aromatic heterocycles. The number of hydrogen-bond donors (Lipinski definition) is 0. The summed E-state index contributed by atoms with van der Waals surface area (Å²) in [5.41, 5.74) is 9.61. The molecule has 0 radical (unpaired) electrons. The van der Waals surface area contributed by atoms with Crippen LogP contribution >= 0.6 is 0 Å². The fraction of sp³-hybridized carbons (Fsp3) is 0.429. The van der Waals surface area contributed by atoms with Crippen LogP contribution in [-0.4, -0.2) is 18.4 Å². The molecule has 0 N–H and O–H groups in total. The van der Waals surface area contributed by atoms with Crippen LogP contribution in [0.2, 0.25) is 9.88 Å². The van der Waals surface area contributed by atoms with Crippen LogP contribution in [0, 0.1) is 0 Å². The third kappa shape index (κ3) is 3.00. The number of aryl methyl sites for hydroxylation is 4. The molecule has 0 fully saturated rings. The predicted molar refractivity (Wildman–Crippen MR) is 131 cm³/mol. The number of hydrogen-bond acceptors (Lipinski definition) is 0. The maximum atomic E-state index is 2.68. The molecule has 2 aliphatic rings. The third-order valence-electron chi connectivity index (χ3n) is 7.57. The van der Waals surface area contributed by atoms with Crippen LogP contribution in [0.15, 0.2) is 36.4 Å². The Labute approximate surface area is 180 Å². The first-order chi connectivity index (χ1) is 14.1. The Hall–Kier alpha value is -1.28. The Kier molecular flexibility index (Phi) is 5.05. The zero-order valence-electron chi connectivity index (χ0n) is 18.6. The van der Waals surface area contributed by atoms with E-state index in [4.69, 9.17) is 0 Å². The van der Waals surface area contributed by atoms with Crippen molar-refractivity contribution in [3.05, 3.63) is 58.7 Å². The van der Waals surface area contributed by atoms with E-state index >= 15 is 0 Å². The molecule has 3 aromatic carbocycles. The van der Waals surface area contributed by atoms with Crippen LogP contribution in [0.5, 0.6) is 0 Å². The number of benzene rings is 3. The van der Waals surface area contributed by atoms with Crippen LogP contribution in [-0.2, 0) is 25.7 Å². The molecule has 29 heavy (non-hydrogen) atoms. The zero-order valence-corrected chi connectivity index (χ0v) is 21.5. The van der Waals surface area contributed by atoms with Gasteiger partial charge < -0.3 is 0 Å². The van der Waals surface area contributed by atoms with Gasteiger partial charge in [-0.25, -0.2) is 0 Å². The molecule has 5 rings (SSSR count). The Bertz CT molecular complexity index is 1090. The molecule has 0 saturated carbocycles. The van der Waals surface area contributed by atoms with Crippen molar-refractivity contribution < 1.29 is 0 Å². The fourth-order valence-corrected chi connectivity index (χ4v) is 14.7. The van der Waals surface area contributed by atoms with Gasteiger partial charge in [0.05, 0.1) is 0 Å². The van der Waals surface area contributed by atoms with Gasteiger partial charge in [0, 0.05) is 0 Å². The zero-order chi connectivity index (χ0) is 20.2. The standard InChI is InChI=1S/C26H28.2CH3.Sn/c1-3-5-8-19-12-15-23(18-22(19)9-6-4-2)24-17-16-21-14-13-20-10-7-11-25(24)26(20)21;;;/h7,10,12,16-18H,3-6,8-9,13-14H2,1-2H3;2*1H3;. The molecule has 0 nitrogen and oxygen atoms in total. The molecule has 0 bridgehead atoms. The molecule has 1 aliphatic carbocycles. The molecular formula is C28H34Sn. The van der Waals surface area contributed by atoms with Gasteiger partial charge in [0.1, 0.15) is 0 Å². The Morgan fingerprint density at radius 1 is 0.690 bits per heavy atom. The van der Waals surface area contributed by atoms with Crippen LogP contribution in [0.25, 0.3) is 21.9 Å². The molecular weight excluding hydrogens is 455 g/mol. The number of fused-ring (bicyclic) bond motifs is 2. The minimum absolute atomic E-state index is 1.23. The third-order valence-corrected chi connectivity index (χ3v) is 17.6. The summed E-state index contributed by atoms with van der Waals surface area (Å²) < 4.78 is 3.49. The van der Waals surface area contributed by atoms with Crippen LogP contribution < -0.4 is 7.16 Å². The molecule has 3 aromatic rings. The van der Waals surface area contributed by atoms with Crippen molar-refractivity contribution in [1.29, 1.82) is 0 Å². The summed E-state index contributed by atoms with van der Waals surface area (Å²) in [6, 6.07) is 15.2. The summed E-state index contributed by atoms with van der Waals surface area (Å²) >= 11 is -2.61. The summed E-state index contributed by atoms with van der Waals surface area (Å²) in [5, 5.41) is 3.27. The van der Waals surface area contributed by atoms with E-state index in [1.165, 1.54) is 56.9 Å². The Morgan fingerprint density at radius 3 is 1.97 bits per heavy atom. The van der Waals surface area contributed by atoms with Crippen molar-refractivity contribution in [2.75, 3.05) is 0 Å². The quantitative estimate of drug-likeness (QED) is 0.351. The second-order valence-electron chi connectivity index (χ2n) is 9.79. The second-order valence-corrected chi connectivity index (χ2v) is 22.1. The van der Waals surface area contributed by atoms with Crippen molar-refractivity contribution in [2.45, 2.75) is 75.1 Å². The van der Waals surface area contributed by atoms with Gasteiger partial charge in [-0.3, -0.25) is 0 Å². The van der Waals surface area contributed by atoms with Gasteiger partial charge >= 0.3 is 181 Å². The molecule has 0 spiro atoms. The monoisotopic (exact) mass is 490 g/mol. The molecule has 1 heteroatoms.